The summed E-state index contributed by atoms with van der Waals surface area (Å²) in [5, 5.41) is 4.64. The Labute approximate surface area is 137 Å². The summed E-state index contributed by atoms with van der Waals surface area (Å²) in [6.45, 7) is 15.0. The fourth-order valence-electron chi connectivity index (χ4n) is 2.55. The number of allylic oxidation sites excluding steroid dienone is 1. The standard InChI is InChI=1S/C18H26N4O/c1-11(2)9-15-19-18(22(21-15)10-12(3)4)14-7-8-16(23)20-17(14)13(5)6/h7-8,11,13H,3,9-10H2,1-2,4-6H3,(H,20,23). The molecule has 5 heteroatoms. The number of hydrogen-bond donors (Lipinski definition) is 1. The second-order valence-corrected chi connectivity index (χ2v) is 6.87. The van der Waals surface area contributed by atoms with E-state index in [9.17, 15) is 4.79 Å². The van der Waals surface area contributed by atoms with Gasteiger partial charge in [-0.1, -0.05) is 39.8 Å². The highest BCUT2D eigenvalue weighted by Crippen LogP contribution is 2.26. The largest absolute Gasteiger partial charge is 0.325 e. The van der Waals surface area contributed by atoms with Crippen molar-refractivity contribution in [2.45, 2.75) is 53.5 Å². The maximum absolute atomic E-state index is 11.7. The summed E-state index contributed by atoms with van der Waals surface area (Å²) in [5.74, 6) is 2.31. The van der Waals surface area contributed by atoms with Gasteiger partial charge >= 0.3 is 0 Å². The maximum atomic E-state index is 11.7. The van der Waals surface area contributed by atoms with Crippen molar-refractivity contribution in [1.82, 2.24) is 19.7 Å². The summed E-state index contributed by atoms with van der Waals surface area (Å²) < 4.78 is 1.89. The van der Waals surface area contributed by atoms with Crippen molar-refractivity contribution in [2.24, 2.45) is 5.92 Å². The number of rotatable bonds is 6. The normalized spacial score (nSPS) is 11.4. The third-order valence-corrected chi connectivity index (χ3v) is 3.49. The fraction of sp³-hybridized carbons (Fsp3) is 0.500. The van der Waals surface area contributed by atoms with Crippen LogP contribution in [-0.2, 0) is 13.0 Å². The molecule has 0 unspecified atom stereocenters. The zero-order chi connectivity index (χ0) is 17.1. The first-order chi connectivity index (χ1) is 10.8. The number of aromatic amines is 1. The number of hydrogen-bond acceptors (Lipinski definition) is 3. The quantitative estimate of drug-likeness (QED) is 0.830. The van der Waals surface area contributed by atoms with Gasteiger partial charge in [0.15, 0.2) is 11.6 Å². The van der Waals surface area contributed by atoms with E-state index in [1.807, 2.05) is 17.7 Å². The molecule has 5 nitrogen and oxygen atoms in total. The average Bonchev–Trinajstić information content (AvgIpc) is 2.79. The molecule has 0 aliphatic heterocycles. The van der Waals surface area contributed by atoms with Crippen LogP contribution in [0.5, 0.6) is 0 Å². The monoisotopic (exact) mass is 314 g/mol. The predicted molar refractivity (Wildman–Crippen MR) is 93.5 cm³/mol. The van der Waals surface area contributed by atoms with Crippen molar-refractivity contribution in [2.75, 3.05) is 0 Å². The Hall–Kier alpha value is -2.17. The molecule has 0 saturated carbocycles. The minimum atomic E-state index is -0.0918. The molecule has 2 aromatic heterocycles. The topological polar surface area (TPSA) is 63.6 Å². The molecule has 23 heavy (non-hydrogen) atoms. The minimum Gasteiger partial charge on any atom is -0.325 e. The van der Waals surface area contributed by atoms with Crippen LogP contribution in [0, 0.1) is 5.92 Å². The molecule has 0 saturated heterocycles. The van der Waals surface area contributed by atoms with Crippen LogP contribution in [0.4, 0.5) is 0 Å². The van der Waals surface area contributed by atoms with Gasteiger partial charge in [0.2, 0.25) is 5.56 Å². The van der Waals surface area contributed by atoms with Gasteiger partial charge in [-0.25, -0.2) is 9.67 Å². The predicted octanol–water partition coefficient (Wildman–Crippen LogP) is 3.53. The van der Waals surface area contributed by atoms with E-state index in [-0.39, 0.29) is 11.5 Å². The smallest absolute Gasteiger partial charge is 0.248 e. The van der Waals surface area contributed by atoms with E-state index >= 15 is 0 Å². The van der Waals surface area contributed by atoms with Crippen molar-refractivity contribution in [3.05, 3.63) is 46.2 Å². The van der Waals surface area contributed by atoms with E-state index in [2.05, 4.69) is 44.4 Å². The number of H-pyrrole nitrogens is 1. The summed E-state index contributed by atoms with van der Waals surface area (Å²) in [5.41, 5.74) is 2.75. The molecule has 0 radical (unpaired) electrons. The molecule has 0 fully saturated rings. The van der Waals surface area contributed by atoms with Gasteiger partial charge in [-0.15, -0.1) is 0 Å². The first kappa shape index (κ1) is 17.2. The second kappa shape index (κ2) is 6.94. The van der Waals surface area contributed by atoms with Gasteiger partial charge in [-0.05, 0) is 24.8 Å². The zero-order valence-corrected chi connectivity index (χ0v) is 14.7. The van der Waals surface area contributed by atoms with Gasteiger partial charge in [-0.3, -0.25) is 4.79 Å². The molecule has 2 heterocycles. The molecule has 0 bridgehead atoms. The van der Waals surface area contributed by atoms with Crippen LogP contribution in [0.15, 0.2) is 29.1 Å². The van der Waals surface area contributed by atoms with E-state index in [1.54, 1.807) is 6.07 Å². The van der Waals surface area contributed by atoms with E-state index in [1.165, 1.54) is 0 Å². The van der Waals surface area contributed by atoms with Crippen molar-refractivity contribution >= 4 is 0 Å². The molecule has 0 aromatic carbocycles. The second-order valence-electron chi connectivity index (χ2n) is 6.87. The number of nitrogens with zero attached hydrogens (tertiary/aromatic N) is 3. The van der Waals surface area contributed by atoms with Crippen molar-refractivity contribution in [1.29, 1.82) is 0 Å². The van der Waals surface area contributed by atoms with Gasteiger partial charge in [0, 0.05) is 23.7 Å². The first-order valence-electron chi connectivity index (χ1n) is 8.09. The highest BCUT2D eigenvalue weighted by molar-refractivity contribution is 5.59. The molecule has 0 spiro atoms. The Morgan fingerprint density at radius 2 is 2.00 bits per heavy atom. The molecule has 124 valence electrons. The molecule has 0 atom stereocenters. The average molecular weight is 314 g/mol. The highest BCUT2D eigenvalue weighted by atomic mass is 16.1. The Balaban J connectivity index is 2.59. The molecular weight excluding hydrogens is 288 g/mol. The van der Waals surface area contributed by atoms with Gasteiger partial charge in [0.05, 0.1) is 6.54 Å². The third kappa shape index (κ3) is 4.18. The lowest BCUT2D eigenvalue weighted by Gasteiger charge is -2.12. The molecule has 0 amide bonds. The van der Waals surface area contributed by atoms with Gasteiger partial charge < -0.3 is 4.98 Å². The fourth-order valence-corrected chi connectivity index (χ4v) is 2.55. The molecule has 2 aromatic rings. The van der Waals surface area contributed by atoms with Crippen LogP contribution >= 0.6 is 0 Å². The molecule has 0 aliphatic carbocycles. The van der Waals surface area contributed by atoms with E-state index in [0.717, 1.165) is 34.9 Å². The van der Waals surface area contributed by atoms with Crippen molar-refractivity contribution < 1.29 is 0 Å². The minimum absolute atomic E-state index is 0.0918. The Bertz CT molecular complexity index is 753. The van der Waals surface area contributed by atoms with Crippen LogP contribution in [0.25, 0.3) is 11.4 Å². The lowest BCUT2D eigenvalue weighted by atomic mass is 10.0. The zero-order valence-electron chi connectivity index (χ0n) is 14.7. The first-order valence-corrected chi connectivity index (χ1v) is 8.09. The van der Waals surface area contributed by atoms with E-state index < -0.39 is 0 Å². The number of nitrogens with one attached hydrogen (secondary N) is 1. The van der Waals surface area contributed by atoms with Crippen LogP contribution in [0.2, 0.25) is 0 Å². The molecular formula is C18H26N4O. The summed E-state index contributed by atoms with van der Waals surface area (Å²) in [6, 6.07) is 3.38. The van der Waals surface area contributed by atoms with Gasteiger partial charge in [-0.2, -0.15) is 5.10 Å². The number of aromatic nitrogens is 4. The van der Waals surface area contributed by atoms with Crippen LogP contribution in [0.3, 0.4) is 0 Å². The van der Waals surface area contributed by atoms with Crippen LogP contribution in [0.1, 0.15) is 52.1 Å². The third-order valence-electron chi connectivity index (χ3n) is 3.49. The molecule has 2 rings (SSSR count). The van der Waals surface area contributed by atoms with Crippen molar-refractivity contribution in [3.8, 4) is 11.4 Å². The van der Waals surface area contributed by atoms with E-state index in [0.29, 0.717) is 12.5 Å². The molecule has 0 aliphatic rings. The van der Waals surface area contributed by atoms with Crippen molar-refractivity contribution in [3.63, 3.8) is 0 Å². The Morgan fingerprint density at radius 1 is 1.30 bits per heavy atom. The lowest BCUT2D eigenvalue weighted by molar-refractivity contribution is 0.602. The summed E-state index contributed by atoms with van der Waals surface area (Å²) in [4.78, 5) is 19.4. The van der Waals surface area contributed by atoms with Gasteiger partial charge in [0.1, 0.15) is 0 Å². The summed E-state index contributed by atoms with van der Waals surface area (Å²) >= 11 is 0. The summed E-state index contributed by atoms with van der Waals surface area (Å²) in [6.07, 6.45) is 0.830. The maximum Gasteiger partial charge on any atom is 0.248 e. The number of pyridine rings is 1. The van der Waals surface area contributed by atoms with E-state index in [4.69, 9.17) is 4.98 Å². The Kier molecular flexibility index (Phi) is 5.19. The SMILES string of the molecule is C=C(C)Cn1nc(CC(C)C)nc1-c1ccc(=O)[nH]c1C(C)C. The highest BCUT2D eigenvalue weighted by Gasteiger charge is 2.18. The van der Waals surface area contributed by atoms with Crippen LogP contribution in [-0.4, -0.2) is 19.7 Å². The Morgan fingerprint density at radius 3 is 2.57 bits per heavy atom. The lowest BCUT2D eigenvalue weighted by Crippen LogP contribution is -2.12. The molecule has 1 N–H and O–H groups in total. The van der Waals surface area contributed by atoms with Crippen LogP contribution < -0.4 is 5.56 Å². The van der Waals surface area contributed by atoms with Gasteiger partial charge in [0.25, 0.3) is 0 Å². The summed E-state index contributed by atoms with van der Waals surface area (Å²) in [7, 11) is 0.